The molecule has 0 aromatic rings. The highest BCUT2D eigenvalue weighted by Crippen LogP contribution is 2.27. The van der Waals surface area contributed by atoms with Crippen LogP contribution >= 0.6 is 0 Å². The molecule has 2 fully saturated rings. The molecule has 1 saturated carbocycles. The Morgan fingerprint density at radius 1 is 1.13 bits per heavy atom. The normalized spacial score (nSPS) is 31.0. The van der Waals surface area contributed by atoms with Crippen molar-refractivity contribution in [3.63, 3.8) is 0 Å². The smallest absolute Gasteiger partial charge is 0.0246 e. The van der Waals surface area contributed by atoms with Crippen molar-refractivity contribution < 1.29 is 0 Å². The fraction of sp³-hybridized carbons (Fsp3) is 1.00. The van der Waals surface area contributed by atoms with Crippen molar-refractivity contribution in [1.29, 1.82) is 0 Å². The predicted molar refractivity (Wildman–Crippen MR) is 65.1 cm³/mol. The van der Waals surface area contributed by atoms with Crippen molar-refractivity contribution in [3.05, 3.63) is 0 Å². The maximum Gasteiger partial charge on any atom is 0.0246 e. The average molecular weight is 210 g/mol. The Balaban J connectivity index is 2.01. The van der Waals surface area contributed by atoms with Crippen LogP contribution in [0.5, 0.6) is 0 Å². The summed E-state index contributed by atoms with van der Waals surface area (Å²) < 4.78 is 0. The third kappa shape index (κ3) is 2.73. The molecular weight excluding hydrogens is 184 g/mol. The molecule has 0 bridgehead atoms. The zero-order valence-electron chi connectivity index (χ0n) is 10.3. The monoisotopic (exact) mass is 210 g/mol. The maximum absolute atomic E-state index is 3.59. The van der Waals surface area contributed by atoms with Gasteiger partial charge in [0, 0.05) is 18.6 Å². The summed E-state index contributed by atoms with van der Waals surface area (Å²) in [6, 6.07) is 1.67. The number of nitrogens with one attached hydrogen (secondary N) is 1. The molecule has 0 radical (unpaired) electrons. The van der Waals surface area contributed by atoms with Gasteiger partial charge < -0.3 is 5.32 Å². The molecular formula is C13H26N2. The van der Waals surface area contributed by atoms with Gasteiger partial charge in [0.1, 0.15) is 0 Å². The SMILES string of the molecule is CC(C)C1CNCCCN1C1CCCC1. The lowest BCUT2D eigenvalue weighted by atomic mass is 10.00. The van der Waals surface area contributed by atoms with Crippen LogP contribution in [0.2, 0.25) is 0 Å². The summed E-state index contributed by atoms with van der Waals surface area (Å²) in [4.78, 5) is 2.82. The molecule has 1 aliphatic heterocycles. The molecule has 1 N–H and O–H groups in total. The van der Waals surface area contributed by atoms with E-state index in [9.17, 15) is 0 Å². The van der Waals surface area contributed by atoms with Crippen LogP contribution in [0.15, 0.2) is 0 Å². The first-order valence-electron chi connectivity index (χ1n) is 6.75. The van der Waals surface area contributed by atoms with E-state index in [1.165, 1.54) is 51.7 Å². The molecule has 0 amide bonds. The summed E-state index contributed by atoms with van der Waals surface area (Å²) in [5.74, 6) is 0.788. The van der Waals surface area contributed by atoms with Gasteiger partial charge in [-0.25, -0.2) is 0 Å². The van der Waals surface area contributed by atoms with Crippen molar-refractivity contribution in [3.8, 4) is 0 Å². The van der Waals surface area contributed by atoms with Gasteiger partial charge in [0.05, 0.1) is 0 Å². The van der Waals surface area contributed by atoms with Crippen LogP contribution in [0.3, 0.4) is 0 Å². The van der Waals surface area contributed by atoms with Gasteiger partial charge in [0.2, 0.25) is 0 Å². The molecule has 2 nitrogen and oxygen atoms in total. The van der Waals surface area contributed by atoms with E-state index in [-0.39, 0.29) is 0 Å². The van der Waals surface area contributed by atoms with Crippen LogP contribution in [0.1, 0.15) is 46.0 Å². The quantitative estimate of drug-likeness (QED) is 0.752. The van der Waals surface area contributed by atoms with Gasteiger partial charge in [-0.05, 0) is 38.3 Å². The van der Waals surface area contributed by atoms with E-state index in [0.29, 0.717) is 0 Å². The first-order valence-corrected chi connectivity index (χ1v) is 6.75. The minimum Gasteiger partial charge on any atom is -0.315 e. The topological polar surface area (TPSA) is 15.3 Å². The van der Waals surface area contributed by atoms with E-state index < -0.39 is 0 Å². The summed E-state index contributed by atoms with van der Waals surface area (Å²) in [6.07, 6.45) is 7.14. The van der Waals surface area contributed by atoms with Crippen molar-refractivity contribution in [2.75, 3.05) is 19.6 Å². The number of rotatable bonds is 2. The molecule has 15 heavy (non-hydrogen) atoms. The molecule has 2 aliphatic rings. The highest BCUT2D eigenvalue weighted by molar-refractivity contribution is 4.87. The molecule has 1 atom stereocenters. The molecule has 1 unspecified atom stereocenters. The predicted octanol–water partition coefficient (Wildman–Crippen LogP) is 2.25. The van der Waals surface area contributed by atoms with Crippen molar-refractivity contribution in [2.24, 2.45) is 5.92 Å². The molecule has 1 saturated heterocycles. The molecule has 0 aromatic carbocycles. The highest BCUT2D eigenvalue weighted by Gasteiger charge is 2.30. The van der Waals surface area contributed by atoms with Crippen LogP contribution in [0.25, 0.3) is 0 Å². The molecule has 1 aliphatic carbocycles. The van der Waals surface area contributed by atoms with Gasteiger partial charge in [0.25, 0.3) is 0 Å². The molecule has 2 heteroatoms. The molecule has 88 valence electrons. The fourth-order valence-electron chi connectivity index (χ4n) is 3.23. The second kappa shape index (κ2) is 5.31. The Labute approximate surface area is 94.4 Å². The number of hydrogen-bond acceptors (Lipinski definition) is 2. The van der Waals surface area contributed by atoms with Gasteiger partial charge in [-0.3, -0.25) is 4.90 Å². The van der Waals surface area contributed by atoms with Crippen LogP contribution < -0.4 is 5.32 Å². The first kappa shape index (κ1) is 11.4. The molecule has 0 aromatic heterocycles. The number of hydrogen-bond donors (Lipinski definition) is 1. The van der Waals surface area contributed by atoms with Crippen molar-refractivity contribution >= 4 is 0 Å². The average Bonchev–Trinajstić information content (AvgIpc) is 2.61. The second-order valence-corrected chi connectivity index (χ2v) is 5.55. The van der Waals surface area contributed by atoms with E-state index >= 15 is 0 Å². The highest BCUT2D eigenvalue weighted by atomic mass is 15.2. The van der Waals surface area contributed by atoms with E-state index in [1.807, 2.05) is 0 Å². The standard InChI is InChI=1S/C13H26N2/c1-11(2)13-10-14-8-5-9-15(13)12-6-3-4-7-12/h11-14H,3-10H2,1-2H3. The van der Waals surface area contributed by atoms with Crippen LogP contribution in [0.4, 0.5) is 0 Å². The summed E-state index contributed by atoms with van der Waals surface area (Å²) in [6.45, 7) is 8.49. The summed E-state index contributed by atoms with van der Waals surface area (Å²) in [5.41, 5.74) is 0. The zero-order valence-corrected chi connectivity index (χ0v) is 10.3. The Morgan fingerprint density at radius 3 is 2.53 bits per heavy atom. The minimum atomic E-state index is 0.774. The van der Waals surface area contributed by atoms with E-state index in [4.69, 9.17) is 0 Å². The maximum atomic E-state index is 3.59. The first-order chi connectivity index (χ1) is 7.29. The fourth-order valence-corrected chi connectivity index (χ4v) is 3.23. The van der Waals surface area contributed by atoms with Crippen LogP contribution in [-0.2, 0) is 0 Å². The molecule has 1 heterocycles. The lowest BCUT2D eigenvalue weighted by Gasteiger charge is -2.37. The minimum absolute atomic E-state index is 0.774. The van der Waals surface area contributed by atoms with Gasteiger partial charge in [-0.2, -0.15) is 0 Å². The Kier molecular flexibility index (Phi) is 4.04. The van der Waals surface area contributed by atoms with Gasteiger partial charge in [-0.15, -0.1) is 0 Å². The second-order valence-electron chi connectivity index (χ2n) is 5.55. The Morgan fingerprint density at radius 2 is 1.87 bits per heavy atom. The molecule has 2 rings (SSSR count). The third-order valence-electron chi connectivity index (χ3n) is 4.11. The van der Waals surface area contributed by atoms with E-state index in [2.05, 4.69) is 24.1 Å². The summed E-state index contributed by atoms with van der Waals surface area (Å²) in [5, 5.41) is 3.59. The molecule has 0 spiro atoms. The number of nitrogens with zero attached hydrogens (tertiary/aromatic N) is 1. The zero-order chi connectivity index (χ0) is 10.7. The Hall–Kier alpha value is -0.0800. The van der Waals surface area contributed by atoms with Crippen LogP contribution in [-0.4, -0.2) is 36.6 Å². The third-order valence-corrected chi connectivity index (χ3v) is 4.11. The largest absolute Gasteiger partial charge is 0.315 e. The van der Waals surface area contributed by atoms with Crippen molar-refractivity contribution in [2.45, 2.75) is 58.0 Å². The van der Waals surface area contributed by atoms with E-state index in [0.717, 1.165) is 18.0 Å². The van der Waals surface area contributed by atoms with Gasteiger partial charge >= 0.3 is 0 Å². The Bertz CT molecular complexity index is 185. The van der Waals surface area contributed by atoms with Gasteiger partial charge in [-0.1, -0.05) is 26.7 Å². The van der Waals surface area contributed by atoms with Crippen LogP contribution in [0, 0.1) is 5.92 Å². The van der Waals surface area contributed by atoms with E-state index in [1.54, 1.807) is 0 Å². The lowest BCUT2D eigenvalue weighted by Crippen LogP contribution is -2.47. The summed E-state index contributed by atoms with van der Waals surface area (Å²) in [7, 11) is 0. The summed E-state index contributed by atoms with van der Waals surface area (Å²) >= 11 is 0. The van der Waals surface area contributed by atoms with Crippen molar-refractivity contribution in [1.82, 2.24) is 10.2 Å². The van der Waals surface area contributed by atoms with Gasteiger partial charge in [0.15, 0.2) is 0 Å². The lowest BCUT2D eigenvalue weighted by molar-refractivity contribution is 0.113.